The standard InChI is InChI=1S/C8HF18NO/c9-1(10,4(15,16)17)2(11,12)6(21,22)27-8(25,26)28-7(23,24)3(13,14)5(18,19)20/h27H. The van der Waals surface area contributed by atoms with Gasteiger partial charge in [0.15, 0.2) is 0 Å². The van der Waals surface area contributed by atoms with Crippen molar-refractivity contribution < 1.29 is 83.8 Å². The van der Waals surface area contributed by atoms with Gasteiger partial charge in [-0.3, -0.25) is 0 Å². The van der Waals surface area contributed by atoms with Crippen molar-refractivity contribution in [1.29, 1.82) is 0 Å². The minimum atomic E-state index is -7.90. The summed E-state index contributed by atoms with van der Waals surface area (Å²) in [6.45, 7) is 0. The normalized spacial score (nSPS) is 16.5. The summed E-state index contributed by atoms with van der Waals surface area (Å²) in [6.07, 6.45) is -29.5. The second-order valence-corrected chi connectivity index (χ2v) is 4.55. The number of nitrogens with one attached hydrogen (secondary N) is 1. The van der Waals surface area contributed by atoms with E-state index in [-0.39, 0.29) is 0 Å². The summed E-state index contributed by atoms with van der Waals surface area (Å²) in [6, 6.07) is -7.54. The number of hydrogen-bond acceptors (Lipinski definition) is 2. The third-order valence-electron chi connectivity index (χ3n) is 2.43. The van der Waals surface area contributed by atoms with Crippen LogP contribution in [0.3, 0.4) is 0 Å². The van der Waals surface area contributed by atoms with Gasteiger partial charge in [-0.1, -0.05) is 0 Å². The Labute approximate surface area is 139 Å². The molecule has 0 heterocycles. The summed E-state index contributed by atoms with van der Waals surface area (Å²) in [7, 11) is 0. The third kappa shape index (κ3) is 4.46. The Kier molecular flexibility index (Phi) is 6.27. The molecule has 0 radical (unpaired) electrons. The van der Waals surface area contributed by atoms with E-state index in [2.05, 4.69) is 0 Å². The lowest BCUT2D eigenvalue weighted by molar-refractivity contribution is -0.489. The molecular formula is C8HF18NO. The van der Waals surface area contributed by atoms with Gasteiger partial charge in [-0.2, -0.15) is 84.3 Å². The molecule has 0 bridgehead atoms. The van der Waals surface area contributed by atoms with E-state index in [1.165, 1.54) is 4.74 Å². The molecule has 0 spiro atoms. The van der Waals surface area contributed by atoms with Crippen LogP contribution in [0.4, 0.5) is 79.0 Å². The maximum atomic E-state index is 12.8. The fourth-order valence-corrected chi connectivity index (χ4v) is 1.05. The molecule has 0 aromatic heterocycles. The van der Waals surface area contributed by atoms with Gasteiger partial charge in [0.25, 0.3) is 0 Å². The van der Waals surface area contributed by atoms with Crippen molar-refractivity contribution in [2.45, 2.75) is 48.5 Å². The van der Waals surface area contributed by atoms with Crippen molar-refractivity contribution in [2.24, 2.45) is 0 Å². The van der Waals surface area contributed by atoms with Crippen molar-refractivity contribution in [3.05, 3.63) is 0 Å². The molecule has 0 aromatic carbocycles. The summed E-state index contributed by atoms with van der Waals surface area (Å²) in [5, 5.41) is -1.67. The maximum absolute atomic E-state index is 12.8. The van der Waals surface area contributed by atoms with Crippen LogP contribution >= 0.6 is 0 Å². The van der Waals surface area contributed by atoms with E-state index in [0.717, 1.165) is 0 Å². The Bertz CT molecular complexity index is 557. The van der Waals surface area contributed by atoms with E-state index in [0.29, 0.717) is 0 Å². The summed E-state index contributed by atoms with van der Waals surface area (Å²) in [4.78, 5) is 0. The Hall–Kier alpha value is -1.34. The van der Waals surface area contributed by atoms with Crippen molar-refractivity contribution in [1.82, 2.24) is 5.32 Å². The predicted molar refractivity (Wildman–Crippen MR) is 46.0 cm³/mol. The molecule has 0 fully saturated rings. The van der Waals surface area contributed by atoms with Gasteiger partial charge in [0.1, 0.15) is 0 Å². The topological polar surface area (TPSA) is 21.3 Å². The monoisotopic (exact) mass is 469 g/mol. The molecule has 0 aromatic rings. The first-order valence-corrected chi connectivity index (χ1v) is 5.56. The predicted octanol–water partition coefficient (Wildman–Crippen LogP) is 5.36. The zero-order valence-electron chi connectivity index (χ0n) is 11.7. The molecule has 0 aliphatic carbocycles. The summed E-state index contributed by atoms with van der Waals surface area (Å²) < 4.78 is 222. The van der Waals surface area contributed by atoms with Crippen LogP contribution in [-0.4, -0.2) is 48.5 Å². The first-order valence-electron chi connectivity index (χ1n) is 5.56. The van der Waals surface area contributed by atoms with Crippen molar-refractivity contribution in [3.8, 4) is 0 Å². The summed E-state index contributed by atoms with van der Waals surface area (Å²) >= 11 is 0. The van der Waals surface area contributed by atoms with E-state index in [4.69, 9.17) is 0 Å². The average molecular weight is 469 g/mol. The van der Waals surface area contributed by atoms with Crippen LogP contribution in [-0.2, 0) is 4.74 Å². The van der Waals surface area contributed by atoms with Crippen molar-refractivity contribution >= 4 is 0 Å². The summed E-state index contributed by atoms with van der Waals surface area (Å²) in [5.41, 5.74) is 0. The number of hydrogen-bond donors (Lipinski definition) is 1. The fourth-order valence-electron chi connectivity index (χ4n) is 1.05. The quantitative estimate of drug-likeness (QED) is 0.308. The number of halogens is 18. The third-order valence-corrected chi connectivity index (χ3v) is 2.43. The zero-order chi connectivity index (χ0) is 23.4. The Balaban J connectivity index is 5.87. The number of rotatable bonds is 7. The smallest absolute Gasteiger partial charge is 0.236 e. The highest BCUT2D eigenvalue weighted by Crippen LogP contribution is 2.53. The van der Waals surface area contributed by atoms with Crippen LogP contribution in [0.25, 0.3) is 0 Å². The molecule has 0 atom stereocenters. The molecule has 20 heteroatoms. The molecular weight excluding hydrogens is 468 g/mol. The number of alkyl halides is 18. The number of ether oxygens (including phenoxy) is 1. The molecule has 2 nitrogen and oxygen atoms in total. The minimum Gasteiger partial charge on any atom is -0.236 e. The second-order valence-electron chi connectivity index (χ2n) is 4.55. The first kappa shape index (κ1) is 26.7. The summed E-state index contributed by atoms with van der Waals surface area (Å²) in [5.74, 6) is -23.3. The highest BCUT2D eigenvalue weighted by atomic mass is 19.4. The molecule has 28 heavy (non-hydrogen) atoms. The fraction of sp³-hybridized carbons (Fsp3) is 1.00. The SMILES string of the molecule is FC(F)(NC(F)(F)C(F)(F)C(F)(F)C(F)(F)F)OC(F)(F)C(F)(F)C(F)(F)F. The van der Waals surface area contributed by atoms with Gasteiger partial charge < -0.3 is 0 Å². The van der Waals surface area contributed by atoms with Gasteiger partial charge in [0, 0.05) is 0 Å². The molecule has 0 aliphatic heterocycles. The van der Waals surface area contributed by atoms with Crippen LogP contribution in [0.5, 0.6) is 0 Å². The maximum Gasteiger partial charge on any atom is 0.462 e. The molecule has 0 aliphatic rings. The van der Waals surface area contributed by atoms with E-state index in [1.54, 1.807) is 0 Å². The van der Waals surface area contributed by atoms with E-state index < -0.39 is 53.8 Å². The van der Waals surface area contributed by atoms with Crippen LogP contribution in [0.1, 0.15) is 0 Å². The molecule has 0 amide bonds. The van der Waals surface area contributed by atoms with Crippen molar-refractivity contribution in [3.63, 3.8) is 0 Å². The molecule has 1 N–H and O–H groups in total. The first-order chi connectivity index (χ1) is 11.7. The molecule has 170 valence electrons. The highest BCUT2D eigenvalue weighted by Gasteiger charge is 2.84. The Morgan fingerprint density at radius 2 is 0.750 bits per heavy atom. The molecule has 0 saturated heterocycles. The minimum absolute atomic E-state index is 1.36. The van der Waals surface area contributed by atoms with Gasteiger partial charge in [-0.25, -0.2) is 4.74 Å². The van der Waals surface area contributed by atoms with Crippen LogP contribution < -0.4 is 5.32 Å². The lowest BCUT2D eigenvalue weighted by atomic mass is 10.1. The largest absolute Gasteiger partial charge is 0.462 e. The van der Waals surface area contributed by atoms with Gasteiger partial charge in [-0.05, 0) is 0 Å². The van der Waals surface area contributed by atoms with Crippen LogP contribution in [0.2, 0.25) is 0 Å². The Morgan fingerprint density at radius 3 is 1.04 bits per heavy atom. The van der Waals surface area contributed by atoms with E-state index in [1.807, 2.05) is 0 Å². The zero-order valence-corrected chi connectivity index (χ0v) is 11.7. The van der Waals surface area contributed by atoms with Crippen LogP contribution in [0.15, 0.2) is 0 Å². The van der Waals surface area contributed by atoms with Gasteiger partial charge in [0.05, 0.1) is 0 Å². The van der Waals surface area contributed by atoms with E-state index in [9.17, 15) is 79.0 Å². The lowest BCUT2D eigenvalue weighted by Crippen LogP contribution is -2.69. The molecule has 0 saturated carbocycles. The Morgan fingerprint density at radius 1 is 0.429 bits per heavy atom. The van der Waals surface area contributed by atoms with E-state index >= 15 is 0 Å². The second kappa shape index (κ2) is 6.59. The molecule has 0 unspecified atom stereocenters. The lowest BCUT2D eigenvalue weighted by Gasteiger charge is -2.36. The van der Waals surface area contributed by atoms with Gasteiger partial charge in [-0.15, -0.1) is 0 Å². The molecule has 0 rings (SSSR count). The van der Waals surface area contributed by atoms with Gasteiger partial charge in [0.2, 0.25) is 0 Å². The van der Waals surface area contributed by atoms with Crippen molar-refractivity contribution in [2.75, 3.05) is 0 Å². The highest BCUT2D eigenvalue weighted by molar-refractivity contribution is 4.99. The average Bonchev–Trinajstić information content (AvgIpc) is 2.31. The van der Waals surface area contributed by atoms with Gasteiger partial charge >= 0.3 is 48.5 Å². The van der Waals surface area contributed by atoms with Crippen LogP contribution in [0, 0.1) is 0 Å².